The van der Waals surface area contributed by atoms with Gasteiger partial charge >= 0.3 is 0 Å². The van der Waals surface area contributed by atoms with Crippen molar-refractivity contribution in [3.05, 3.63) is 40.4 Å². The van der Waals surface area contributed by atoms with Crippen LogP contribution in [0.5, 0.6) is 0 Å². The Morgan fingerprint density at radius 2 is 1.86 bits per heavy atom. The zero-order valence-electron chi connectivity index (χ0n) is 20.9. The number of benzene rings is 1. The van der Waals surface area contributed by atoms with Crippen LogP contribution in [0.2, 0.25) is 10.0 Å². The zero-order valence-corrected chi connectivity index (χ0v) is 22.4. The molecule has 3 aliphatic heterocycles. The molecule has 8 nitrogen and oxygen atoms in total. The predicted molar refractivity (Wildman–Crippen MR) is 140 cm³/mol. The van der Waals surface area contributed by atoms with Gasteiger partial charge in [0, 0.05) is 41.5 Å². The largest absolute Gasteiger partial charge is 0.382 e. The molecule has 5 unspecified atom stereocenters. The Bertz CT molecular complexity index is 1070. The monoisotopic (exact) mass is 549 g/mol. The lowest BCUT2D eigenvalue weighted by atomic mass is 9.74. The highest BCUT2D eigenvalue weighted by atomic mass is 35.5. The van der Waals surface area contributed by atoms with Crippen LogP contribution in [0.3, 0.4) is 0 Å². The lowest BCUT2D eigenvalue weighted by molar-refractivity contribution is -0.141. The number of carbonyl (C=O) groups is 3. The van der Waals surface area contributed by atoms with Gasteiger partial charge in [0.05, 0.1) is 17.9 Å². The van der Waals surface area contributed by atoms with E-state index in [1.807, 2.05) is 19.1 Å². The van der Waals surface area contributed by atoms with E-state index in [-0.39, 0.29) is 23.8 Å². The molecule has 2 bridgehead atoms. The summed E-state index contributed by atoms with van der Waals surface area (Å²) >= 11 is 12.2. The van der Waals surface area contributed by atoms with Crippen molar-refractivity contribution in [3.63, 3.8) is 0 Å². The van der Waals surface area contributed by atoms with Crippen LogP contribution in [0.1, 0.15) is 45.4 Å². The Morgan fingerprint density at radius 1 is 1.14 bits per heavy atom. The van der Waals surface area contributed by atoms with Crippen molar-refractivity contribution in [3.8, 4) is 0 Å². The number of fused-ring (bicyclic) bond motifs is 1. The third kappa shape index (κ3) is 5.01. The van der Waals surface area contributed by atoms with Gasteiger partial charge in [0.15, 0.2) is 0 Å². The first-order valence-corrected chi connectivity index (χ1v) is 13.9. The third-order valence-electron chi connectivity index (χ3n) is 7.90. The average molecular weight is 550 g/mol. The molecule has 37 heavy (non-hydrogen) atoms. The van der Waals surface area contributed by atoms with Crippen LogP contribution >= 0.6 is 23.2 Å². The van der Waals surface area contributed by atoms with Gasteiger partial charge in [-0.05, 0) is 44.4 Å². The normalized spacial score (nSPS) is 30.6. The van der Waals surface area contributed by atoms with E-state index >= 15 is 0 Å². The van der Waals surface area contributed by atoms with E-state index in [1.54, 1.807) is 23.1 Å². The van der Waals surface area contributed by atoms with Gasteiger partial charge in [-0.3, -0.25) is 14.4 Å². The summed E-state index contributed by atoms with van der Waals surface area (Å²) in [7, 11) is 0. The zero-order chi connectivity index (χ0) is 26.2. The van der Waals surface area contributed by atoms with Crippen LogP contribution in [0.4, 0.5) is 5.69 Å². The summed E-state index contributed by atoms with van der Waals surface area (Å²) in [6.07, 6.45) is 8.81. The smallest absolute Gasteiger partial charge is 0.246 e. The fourth-order valence-corrected chi connectivity index (χ4v) is 6.89. The van der Waals surface area contributed by atoms with Crippen LogP contribution in [0.25, 0.3) is 0 Å². The molecule has 2 saturated heterocycles. The molecular weight excluding hydrogens is 517 g/mol. The van der Waals surface area contributed by atoms with Crippen molar-refractivity contribution in [2.24, 2.45) is 11.8 Å². The summed E-state index contributed by atoms with van der Waals surface area (Å²) in [5, 5.41) is 6.82. The second-order valence-corrected chi connectivity index (χ2v) is 11.1. The molecule has 1 aliphatic carbocycles. The molecule has 5 rings (SSSR count). The quantitative estimate of drug-likeness (QED) is 0.359. The molecule has 5 atom stereocenters. The van der Waals surface area contributed by atoms with E-state index in [4.69, 9.17) is 32.7 Å². The first kappa shape index (κ1) is 26.5. The molecule has 1 aromatic rings. The molecule has 1 saturated carbocycles. The number of carbonyl (C=O) groups excluding carboxylic acids is 3. The number of nitrogens with zero attached hydrogens (tertiary/aromatic N) is 1. The molecule has 10 heteroatoms. The van der Waals surface area contributed by atoms with Crippen molar-refractivity contribution >= 4 is 46.6 Å². The van der Waals surface area contributed by atoms with Gasteiger partial charge < -0.3 is 25.0 Å². The number of likely N-dealkylation sites (tertiary alicyclic amines) is 1. The highest BCUT2D eigenvalue weighted by molar-refractivity contribution is 6.35. The summed E-state index contributed by atoms with van der Waals surface area (Å²) in [5.74, 6) is -2.40. The molecule has 0 aromatic heterocycles. The SMILES string of the molecule is CCOCCCN1C(=O)C2C(C(=O)Nc3cc(Cl)cc(Cl)c3)C3C=CC2(O3)C1C(=O)NC1CCCCC1. The lowest BCUT2D eigenvalue weighted by Crippen LogP contribution is -2.56. The standard InChI is InChI=1S/C27H33Cl2N3O5/c1-2-36-12-6-11-32-23(25(34)30-18-7-4-3-5-8-18)27-10-9-20(37-27)21(22(27)26(32)35)24(33)31-19-14-16(28)13-17(29)15-19/h9-10,13-15,18,20-23H,2-8,11-12H2,1H3,(H,30,34)(H,31,33). The summed E-state index contributed by atoms with van der Waals surface area (Å²) in [4.78, 5) is 42.7. The molecule has 3 fully saturated rings. The van der Waals surface area contributed by atoms with E-state index < -0.39 is 29.6 Å². The number of hydrogen-bond acceptors (Lipinski definition) is 5. The van der Waals surface area contributed by atoms with Gasteiger partial charge in [0.1, 0.15) is 11.6 Å². The maximum absolute atomic E-state index is 13.9. The molecule has 3 heterocycles. The summed E-state index contributed by atoms with van der Waals surface area (Å²) in [6, 6.07) is 4.02. The lowest BCUT2D eigenvalue weighted by Gasteiger charge is -2.34. The molecule has 1 aromatic carbocycles. The predicted octanol–water partition coefficient (Wildman–Crippen LogP) is 3.96. The third-order valence-corrected chi connectivity index (χ3v) is 8.33. The van der Waals surface area contributed by atoms with Crippen molar-refractivity contribution in [1.82, 2.24) is 10.2 Å². The highest BCUT2D eigenvalue weighted by Gasteiger charge is 2.72. The van der Waals surface area contributed by atoms with Crippen molar-refractivity contribution < 1.29 is 23.9 Å². The van der Waals surface area contributed by atoms with Crippen molar-refractivity contribution in [2.75, 3.05) is 25.1 Å². The van der Waals surface area contributed by atoms with Crippen LogP contribution < -0.4 is 10.6 Å². The Labute approximate surface area is 227 Å². The molecule has 4 aliphatic rings. The van der Waals surface area contributed by atoms with E-state index in [2.05, 4.69) is 10.6 Å². The maximum Gasteiger partial charge on any atom is 0.246 e. The van der Waals surface area contributed by atoms with Gasteiger partial charge in [0.25, 0.3) is 0 Å². The van der Waals surface area contributed by atoms with Crippen LogP contribution in [-0.2, 0) is 23.9 Å². The van der Waals surface area contributed by atoms with Crippen LogP contribution in [0, 0.1) is 11.8 Å². The number of ether oxygens (including phenoxy) is 2. The Hall–Kier alpha value is -2.13. The topological polar surface area (TPSA) is 97.0 Å². The number of hydrogen-bond donors (Lipinski definition) is 2. The van der Waals surface area contributed by atoms with E-state index in [0.717, 1.165) is 25.7 Å². The van der Waals surface area contributed by atoms with Crippen LogP contribution in [-0.4, -0.2) is 66.2 Å². The number of anilines is 1. The van der Waals surface area contributed by atoms with E-state index in [0.29, 0.717) is 41.9 Å². The second-order valence-electron chi connectivity index (χ2n) is 10.3. The van der Waals surface area contributed by atoms with Crippen LogP contribution in [0.15, 0.2) is 30.4 Å². The van der Waals surface area contributed by atoms with Gasteiger partial charge in [0.2, 0.25) is 17.7 Å². The minimum atomic E-state index is -1.18. The first-order valence-electron chi connectivity index (χ1n) is 13.2. The van der Waals surface area contributed by atoms with Crippen molar-refractivity contribution in [1.29, 1.82) is 0 Å². The fourth-order valence-electron chi connectivity index (χ4n) is 6.37. The number of nitrogens with one attached hydrogen (secondary N) is 2. The molecular formula is C27H33Cl2N3O5. The van der Waals surface area contributed by atoms with E-state index in [9.17, 15) is 14.4 Å². The van der Waals surface area contributed by atoms with Gasteiger partial charge in [-0.1, -0.05) is 54.6 Å². The Kier molecular flexibility index (Phi) is 7.82. The Morgan fingerprint density at radius 3 is 2.57 bits per heavy atom. The average Bonchev–Trinajstić information content (AvgIpc) is 3.49. The molecule has 200 valence electrons. The van der Waals surface area contributed by atoms with Crippen molar-refractivity contribution in [2.45, 2.75) is 69.2 Å². The minimum absolute atomic E-state index is 0.0892. The number of amides is 3. The fraction of sp³-hybridized carbons (Fsp3) is 0.593. The minimum Gasteiger partial charge on any atom is -0.382 e. The van der Waals surface area contributed by atoms with E-state index in [1.165, 1.54) is 6.42 Å². The second kappa shape index (κ2) is 10.9. The summed E-state index contributed by atoms with van der Waals surface area (Å²) < 4.78 is 11.9. The summed E-state index contributed by atoms with van der Waals surface area (Å²) in [6.45, 7) is 3.32. The van der Waals surface area contributed by atoms with Gasteiger partial charge in [-0.25, -0.2) is 0 Å². The van der Waals surface area contributed by atoms with Gasteiger partial charge in [-0.2, -0.15) is 0 Å². The molecule has 1 spiro atoms. The first-order chi connectivity index (χ1) is 17.8. The molecule has 0 radical (unpaired) electrons. The number of halogens is 2. The molecule has 2 N–H and O–H groups in total. The highest BCUT2D eigenvalue weighted by Crippen LogP contribution is 2.55. The van der Waals surface area contributed by atoms with Gasteiger partial charge in [-0.15, -0.1) is 0 Å². The maximum atomic E-state index is 13.9. The molecule has 3 amide bonds. The summed E-state index contributed by atoms with van der Waals surface area (Å²) in [5.41, 5.74) is -0.742. The number of rotatable bonds is 9. The Balaban J connectivity index is 1.41.